The van der Waals surface area contributed by atoms with E-state index in [1.807, 2.05) is 0 Å². The van der Waals surface area contributed by atoms with Gasteiger partial charge in [-0.2, -0.15) is 0 Å². The fourth-order valence-corrected chi connectivity index (χ4v) is 0. The molecular formula is Fe5La. The van der Waals surface area contributed by atoms with Gasteiger partial charge in [0, 0.05) is 121 Å². The summed E-state index contributed by atoms with van der Waals surface area (Å²) in [7, 11) is 0. The van der Waals surface area contributed by atoms with Crippen molar-refractivity contribution in [1.29, 1.82) is 0 Å². The fraction of sp³-hybridized carbons (Fsp3) is 0. The van der Waals surface area contributed by atoms with Gasteiger partial charge in [-0.15, -0.1) is 0 Å². The van der Waals surface area contributed by atoms with Crippen LogP contribution in [0.25, 0.3) is 0 Å². The van der Waals surface area contributed by atoms with Crippen molar-refractivity contribution in [3.63, 3.8) is 0 Å². The molecule has 0 saturated carbocycles. The molecule has 0 aromatic carbocycles. The van der Waals surface area contributed by atoms with Crippen LogP contribution in [0.5, 0.6) is 0 Å². The molecule has 0 unspecified atom stereocenters. The van der Waals surface area contributed by atoms with Gasteiger partial charge in [0.2, 0.25) is 0 Å². The average Bonchev–Trinajstić information content (AvgIpc) is 0. The van der Waals surface area contributed by atoms with Crippen LogP contribution >= 0.6 is 0 Å². The summed E-state index contributed by atoms with van der Waals surface area (Å²) in [6.45, 7) is 0. The van der Waals surface area contributed by atoms with Crippen LogP contribution < -0.4 is 0 Å². The van der Waals surface area contributed by atoms with Crippen LogP contribution in [0.4, 0.5) is 0 Å². The number of rotatable bonds is 0. The Hall–Kier alpha value is 3.79. The van der Waals surface area contributed by atoms with Crippen LogP contribution in [0.15, 0.2) is 0 Å². The second kappa shape index (κ2) is 37.1. The molecule has 0 nitrogen and oxygen atoms in total. The van der Waals surface area contributed by atoms with Crippen LogP contribution in [0, 0.1) is 35.6 Å². The molecule has 0 aliphatic carbocycles. The summed E-state index contributed by atoms with van der Waals surface area (Å²) < 4.78 is 0. The van der Waals surface area contributed by atoms with Gasteiger partial charge in [0.15, 0.2) is 0 Å². The molecule has 0 aliphatic heterocycles. The maximum absolute atomic E-state index is 0. The standard InChI is InChI=1S/5Fe.La. The Morgan fingerprint density at radius 1 is 0.333 bits per heavy atom. The maximum atomic E-state index is 0. The maximum Gasteiger partial charge on any atom is 0 e. The van der Waals surface area contributed by atoms with Gasteiger partial charge in [-0.1, -0.05) is 0 Å². The third kappa shape index (κ3) is 25.0. The molecule has 0 spiro atoms. The normalized spacial score (nSPS) is 0. The second-order valence-electron chi connectivity index (χ2n) is 0. The van der Waals surface area contributed by atoms with Crippen LogP contribution in [-0.2, 0) is 85.3 Å². The van der Waals surface area contributed by atoms with E-state index in [1.54, 1.807) is 0 Å². The molecular weight excluding hydrogens is 418 g/mol. The summed E-state index contributed by atoms with van der Waals surface area (Å²) in [6, 6.07) is 0. The number of hydrogen-bond acceptors (Lipinski definition) is 0. The summed E-state index contributed by atoms with van der Waals surface area (Å²) in [5.41, 5.74) is 0. The molecule has 0 N–H and O–H groups in total. The van der Waals surface area contributed by atoms with Crippen molar-refractivity contribution >= 4 is 0 Å². The van der Waals surface area contributed by atoms with E-state index in [2.05, 4.69) is 0 Å². The molecule has 6 heavy (non-hydrogen) atoms. The summed E-state index contributed by atoms with van der Waals surface area (Å²) in [5, 5.41) is 0. The molecule has 0 rings (SSSR count). The van der Waals surface area contributed by atoms with Gasteiger partial charge >= 0.3 is 0 Å². The van der Waals surface area contributed by atoms with E-state index in [0.717, 1.165) is 0 Å². The fourth-order valence-electron chi connectivity index (χ4n) is 0. The summed E-state index contributed by atoms with van der Waals surface area (Å²) in [4.78, 5) is 0. The Morgan fingerprint density at radius 3 is 0.333 bits per heavy atom. The Kier molecular flexibility index (Phi) is 326. The van der Waals surface area contributed by atoms with Crippen molar-refractivity contribution in [2.45, 2.75) is 0 Å². The molecule has 0 saturated heterocycles. The van der Waals surface area contributed by atoms with Crippen molar-refractivity contribution in [1.82, 2.24) is 0 Å². The van der Waals surface area contributed by atoms with E-state index in [4.69, 9.17) is 0 Å². The van der Waals surface area contributed by atoms with Crippen LogP contribution in [0.3, 0.4) is 0 Å². The van der Waals surface area contributed by atoms with Crippen molar-refractivity contribution in [3.05, 3.63) is 0 Å². The summed E-state index contributed by atoms with van der Waals surface area (Å²) in [5.74, 6) is 0. The summed E-state index contributed by atoms with van der Waals surface area (Å²) in [6.07, 6.45) is 0. The van der Waals surface area contributed by atoms with Gasteiger partial charge in [-0.05, 0) is 0 Å². The first-order valence-electron chi connectivity index (χ1n) is 0. The minimum Gasteiger partial charge on any atom is 0 e. The van der Waals surface area contributed by atoms with Crippen molar-refractivity contribution in [2.75, 3.05) is 0 Å². The van der Waals surface area contributed by atoms with Gasteiger partial charge in [0.1, 0.15) is 0 Å². The van der Waals surface area contributed by atoms with Gasteiger partial charge in [0.05, 0.1) is 0 Å². The zero-order chi connectivity index (χ0) is 0. The predicted octanol–water partition coefficient (Wildman–Crippen LogP) is -0.0125. The Bertz CT molecular complexity index is 3.90. The molecule has 0 aromatic heterocycles. The zero-order valence-corrected chi connectivity index (χ0v) is 11.5. The molecule has 6 heteroatoms. The van der Waals surface area contributed by atoms with Crippen molar-refractivity contribution < 1.29 is 121 Å². The Morgan fingerprint density at radius 2 is 0.333 bits per heavy atom. The largest absolute Gasteiger partial charge is 0 e. The Labute approximate surface area is 118 Å². The van der Waals surface area contributed by atoms with Gasteiger partial charge in [-0.25, -0.2) is 0 Å². The molecule has 0 aromatic rings. The number of hydrogen-bond donors (Lipinski definition) is 0. The first-order chi connectivity index (χ1) is 0. The van der Waals surface area contributed by atoms with Crippen molar-refractivity contribution in [2.24, 2.45) is 0 Å². The third-order valence-corrected chi connectivity index (χ3v) is 0. The minimum absolute atomic E-state index is 0. The topological polar surface area (TPSA) is 0 Å². The SMILES string of the molecule is [Fe].[Fe].[Fe].[Fe].[Fe].[La]. The molecule has 43 valence electrons. The van der Waals surface area contributed by atoms with E-state index in [0.29, 0.717) is 0 Å². The summed E-state index contributed by atoms with van der Waals surface area (Å²) >= 11 is 0. The van der Waals surface area contributed by atoms with Crippen LogP contribution in [0.1, 0.15) is 0 Å². The molecule has 0 aliphatic rings. The second-order valence-corrected chi connectivity index (χ2v) is 0. The average molecular weight is 418 g/mol. The van der Waals surface area contributed by atoms with Gasteiger partial charge < -0.3 is 0 Å². The first-order valence-corrected chi connectivity index (χ1v) is 0. The quantitative estimate of drug-likeness (QED) is 0.486. The molecule has 0 bridgehead atoms. The zero-order valence-electron chi connectivity index (χ0n) is 2.35. The van der Waals surface area contributed by atoms with Crippen LogP contribution in [-0.4, -0.2) is 0 Å². The van der Waals surface area contributed by atoms with Crippen molar-refractivity contribution in [3.8, 4) is 0 Å². The molecule has 0 heterocycles. The monoisotopic (exact) mass is 419 g/mol. The van der Waals surface area contributed by atoms with E-state index in [1.165, 1.54) is 0 Å². The first kappa shape index (κ1) is 52.6. The van der Waals surface area contributed by atoms with Gasteiger partial charge in [-0.3, -0.25) is 0 Å². The smallest absolute Gasteiger partial charge is 0 e. The van der Waals surface area contributed by atoms with Gasteiger partial charge in [0.25, 0.3) is 0 Å². The van der Waals surface area contributed by atoms with E-state index < -0.39 is 0 Å². The molecule has 0 atom stereocenters. The minimum atomic E-state index is 0. The predicted molar refractivity (Wildman–Crippen MR) is 0 cm³/mol. The third-order valence-electron chi connectivity index (χ3n) is 0. The Balaban J connectivity index is 0. The van der Waals surface area contributed by atoms with E-state index in [9.17, 15) is 0 Å². The van der Waals surface area contributed by atoms with E-state index in [-0.39, 0.29) is 121 Å². The molecule has 1 radical (unpaired) electrons. The molecule has 0 fully saturated rings. The van der Waals surface area contributed by atoms with Crippen LogP contribution in [0.2, 0.25) is 0 Å². The molecule has 0 amide bonds. The van der Waals surface area contributed by atoms with E-state index >= 15 is 0 Å².